The number of benzene rings is 1. The topological polar surface area (TPSA) is 34.1 Å². The largest absolute Gasteiger partial charge is 0.436 e. The van der Waals surface area contributed by atoms with Gasteiger partial charge in [-0.3, -0.25) is 0 Å². The second-order valence-electron chi connectivity index (χ2n) is 4.37. The summed E-state index contributed by atoms with van der Waals surface area (Å²) < 4.78 is 31.8. The van der Waals surface area contributed by atoms with E-state index in [-0.39, 0.29) is 5.75 Å². The zero-order valence-electron chi connectivity index (χ0n) is 11.4. The Labute approximate surface area is 116 Å². The maximum absolute atomic E-state index is 13.6. The lowest BCUT2D eigenvalue weighted by Gasteiger charge is -2.10. The van der Waals surface area contributed by atoms with Gasteiger partial charge in [-0.2, -0.15) is 0 Å². The van der Waals surface area contributed by atoms with Crippen LogP contribution >= 0.6 is 0 Å². The standard InChI is InChI=1S/C15H16F2N2O/c1-3-12-6-10(9-18-2)7-15(19-12)20-14-5-4-11(16)8-13(14)17/h4-8,18H,3,9H2,1-2H3. The summed E-state index contributed by atoms with van der Waals surface area (Å²) in [5.74, 6) is -1.12. The van der Waals surface area contributed by atoms with Gasteiger partial charge in [0.25, 0.3) is 0 Å². The maximum Gasteiger partial charge on any atom is 0.219 e. The molecule has 0 fully saturated rings. The van der Waals surface area contributed by atoms with Gasteiger partial charge in [0.15, 0.2) is 11.6 Å². The minimum atomic E-state index is -0.746. The van der Waals surface area contributed by atoms with Crippen LogP contribution < -0.4 is 10.1 Å². The Kier molecular flexibility index (Phi) is 4.63. The van der Waals surface area contributed by atoms with Crippen LogP contribution in [-0.2, 0) is 13.0 Å². The van der Waals surface area contributed by atoms with Gasteiger partial charge in [-0.15, -0.1) is 0 Å². The van der Waals surface area contributed by atoms with Gasteiger partial charge in [0.05, 0.1) is 0 Å². The molecule has 0 aliphatic heterocycles. The lowest BCUT2D eigenvalue weighted by molar-refractivity contribution is 0.421. The van der Waals surface area contributed by atoms with Crippen LogP contribution in [-0.4, -0.2) is 12.0 Å². The van der Waals surface area contributed by atoms with Crippen LogP contribution in [0.15, 0.2) is 30.3 Å². The Hall–Kier alpha value is -2.01. The number of halogens is 2. The number of hydrogen-bond acceptors (Lipinski definition) is 3. The third kappa shape index (κ3) is 3.51. The van der Waals surface area contributed by atoms with E-state index in [1.807, 2.05) is 20.0 Å². The third-order valence-electron chi connectivity index (χ3n) is 2.77. The molecule has 0 atom stereocenters. The molecule has 1 aromatic carbocycles. The van der Waals surface area contributed by atoms with Gasteiger partial charge in [0, 0.05) is 24.4 Å². The van der Waals surface area contributed by atoms with E-state index < -0.39 is 11.6 Å². The van der Waals surface area contributed by atoms with Crippen LogP contribution in [0.2, 0.25) is 0 Å². The smallest absolute Gasteiger partial charge is 0.219 e. The van der Waals surface area contributed by atoms with E-state index in [0.717, 1.165) is 29.8 Å². The van der Waals surface area contributed by atoms with Crippen LogP contribution in [0.3, 0.4) is 0 Å². The monoisotopic (exact) mass is 278 g/mol. The number of rotatable bonds is 5. The molecule has 0 amide bonds. The Bertz CT molecular complexity index is 602. The third-order valence-corrected chi connectivity index (χ3v) is 2.77. The summed E-state index contributed by atoms with van der Waals surface area (Å²) in [6.45, 7) is 2.64. The molecule has 1 heterocycles. The fourth-order valence-electron chi connectivity index (χ4n) is 1.83. The van der Waals surface area contributed by atoms with Gasteiger partial charge in [-0.25, -0.2) is 13.8 Å². The van der Waals surface area contributed by atoms with Crippen molar-refractivity contribution < 1.29 is 13.5 Å². The first-order valence-electron chi connectivity index (χ1n) is 6.39. The van der Waals surface area contributed by atoms with Crippen molar-refractivity contribution in [1.82, 2.24) is 10.3 Å². The highest BCUT2D eigenvalue weighted by Gasteiger charge is 2.09. The molecule has 106 valence electrons. The molecule has 1 aromatic heterocycles. The molecule has 0 bridgehead atoms. The molecule has 0 radical (unpaired) electrons. The molecular weight excluding hydrogens is 262 g/mol. The van der Waals surface area contributed by atoms with E-state index in [1.165, 1.54) is 6.07 Å². The predicted octanol–water partition coefficient (Wildman–Crippen LogP) is 3.43. The van der Waals surface area contributed by atoms with Crippen LogP contribution in [0.25, 0.3) is 0 Å². The molecule has 0 saturated heterocycles. The van der Waals surface area contributed by atoms with Crippen LogP contribution in [0, 0.1) is 11.6 Å². The van der Waals surface area contributed by atoms with Gasteiger partial charge in [0.1, 0.15) is 5.82 Å². The predicted molar refractivity (Wildman–Crippen MR) is 72.8 cm³/mol. The summed E-state index contributed by atoms with van der Waals surface area (Å²) in [4.78, 5) is 4.28. The molecule has 0 aliphatic rings. The van der Waals surface area contributed by atoms with Gasteiger partial charge in [-0.05, 0) is 37.2 Å². The van der Waals surface area contributed by atoms with Gasteiger partial charge >= 0.3 is 0 Å². The van der Waals surface area contributed by atoms with Crippen molar-refractivity contribution in [2.45, 2.75) is 19.9 Å². The van der Waals surface area contributed by atoms with E-state index in [2.05, 4.69) is 10.3 Å². The van der Waals surface area contributed by atoms with Crippen LogP contribution in [0.5, 0.6) is 11.6 Å². The molecule has 20 heavy (non-hydrogen) atoms. The number of ether oxygens (including phenoxy) is 1. The number of nitrogens with one attached hydrogen (secondary N) is 1. The Balaban J connectivity index is 2.29. The molecule has 0 unspecified atom stereocenters. The van der Waals surface area contributed by atoms with Crippen LogP contribution in [0.1, 0.15) is 18.2 Å². The summed E-state index contributed by atoms with van der Waals surface area (Å²) in [6.07, 6.45) is 0.750. The fourth-order valence-corrected chi connectivity index (χ4v) is 1.83. The highest BCUT2D eigenvalue weighted by Crippen LogP contribution is 2.24. The van der Waals surface area contributed by atoms with Crippen LogP contribution in [0.4, 0.5) is 8.78 Å². The number of aryl methyl sites for hydroxylation is 1. The Morgan fingerprint density at radius 1 is 1.20 bits per heavy atom. The average molecular weight is 278 g/mol. The summed E-state index contributed by atoms with van der Waals surface area (Å²) >= 11 is 0. The quantitative estimate of drug-likeness (QED) is 0.909. The second-order valence-corrected chi connectivity index (χ2v) is 4.37. The first-order chi connectivity index (χ1) is 9.62. The summed E-state index contributed by atoms with van der Waals surface area (Å²) in [5.41, 5.74) is 1.85. The summed E-state index contributed by atoms with van der Waals surface area (Å²) in [7, 11) is 1.84. The molecule has 0 aliphatic carbocycles. The molecule has 5 heteroatoms. The molecule has 3 nitrogen and oxygen atoms in total. The van der Waals surface area contributed by atoms with Crippen molar-refractivity contribution in [1.29, 1.82) is 0 Å². The number of hydrogen-bond donors (Lipinski definition) is 1. The normalized spacial score (nSPS) is 10.6. The lowest BCUT2D eigenvalue weighted by atomic mass is 10.2. The number of nitrogens with zero attached hydrogens (tertiary/aromatic N) is 1. The Morgan fingerprint density at radius 3 is 2.65 bits per heavy atom. The molecule has 0 saturated carbocycles. The van der Waals surface area contributed by atoms with E-state index in [1.54, 1.807) is 6.07 Å². The van der Waals surface area contributed by atoms with Gasteiger partial charge < -0.3 is 10.1 Å². The van der Waals surface area contributed by atoms with E-state index in [4.69, 9.17) is 4.74 Å². The highest BCUT2D eigenvalue weighted by molar-refractivity contribution is 5.32. The minimum absolute atomic E-state index is 0.0393. The van der Waals surface area contributed by atoms with Crippen molar-refractivity contribution in [2.24, 2.45) is 0 Å². The minimum Gasteiger partial charge on any atom is -0.436 e. The van der Waals surface area contributed by atoms with E-state index in [0.29, 0.717) is 12.4 Å². The molecule has 1 N–H and O–H groups in total. The van der Waals surface area contributed by atoms with Gasteiger partial charge in [0.2, 0.25) is 5.88 Å². The zero-order chi connectivity index (χ0) is 14.5. The number of aromatic nitrogens is 1. The first kappa shape index (κ1) is 14.4. The van der Waals surface area contributed by atoms with Crippen molar-refractivity contribution >= 4 is 0 Å². The number of pyridine rings is 1. The van der Waals surface area contributed by atoms with Crippen molar-refractivity contribution in [3.05, 3.63) is 53.2 Å². The fraction of sp³-hybridized carbons (Fsp3) is 0.267. The molecule has 0 spiro atoms. The second kappa shape index (κ2) is 6.43. The summed E-state index contributed by atoms with van der Waals surface area (Å²) in [5, 5.41) is 3.04. The lowest BCUT2D eigenvalue weighted by Crippen LogP contribution is -2.06. The van der Waals surface area contributed by atoms with Crippen molar-refractivity contribution in [3.8, 4) is 11.6 Å². The maximum atomic E-state index is 13.6. The van der Waals surface area contributed by atoms with Crippen molar-refractivity contribution in [3.63, 3.8) is 0 Å². The zero-order valence-corrected chi connectivity index (χ0v) is 11.4. The summed E-state index contributed by atoms with van der Waals surface area (Å²) in [6, 6.07) is 6.88. The van der Waals surface area contributed by atoms with E-state index in [9.17, 15) is 8.78 Å². The highest BCUT2D eigenvalue weighted by atomic mass is 19.1. The molecular formula is C15H16F2N2O. The van der Waals surface area contributed by atoms with Gasteiger partial charge in [-0.1, -0.05) is 6.92 Å². The molecule has 2 aromatic rings. The van der Waals surface area contributed by atoms with E-state index >= 15 is 0 Å². The van der Waals surface area contributed by atoms with Crippen molar-refractivity contribution in [2.75, 3.05) is 7.05 Å². The first-order valence-corrected chi connectivity index (χ1v) is 6.39. The molecule has 2 rings (SSSR count). The SMILES string of the molecule is CCc1cc(CNC)cc(Oc2ccc(F)cc2F)n1. The Morgan fingerprint density at radius 2 is 2.00 bits per heavy atom. The average Bonchev–Trinajstić information content (AvgIpc) is 2.42.